The Morgan fingerprint density at radius 3 is 2.12 bits per heavy atom. The molecule has 1 amide bonds. The smallest absolute Gasteiger partial charge is 0.410 e. The van der Waals surface area contributed by atoms with Gasteiger partial charge in [-0.15, -0.1) is 6.58 Å². The molecule has 2 N–H and O–H groups in total. The highest BCUT2D eigenvalue weighted by molar-refractivity contribution is 6.03. The van der Waals surface area contributed by atoms with Gasteiger partial charge in [0, 0.05) is 31.1 Å². The Balaban J connectivity index is 1.15. The molecule has 0 saturated heterocycles. The molecule has 0 radical (unpaired) electrons. The minimum absolute atomic E-state index is 0.0313. The van der Waals surface area contributed by atoms with Gasteiger partial charge in [0.15, 0.2) is 0 Å². The summed E-state index contributed by atoms with van der Waals surface area (Å²) in [6.45, 7) is 7.52. The molecule has 6 aromatic carbocycles. The van der Waals surface area contributed by atoms with Gasteiger partial charge in [0.05, 0.1) is 31.4 Å². The lowest BCUT2D eigenvalue weighted by molar-refractivity contribution is -0.256. The molecule has 2 aliphatic carbocycles. The summed E-state index contributed by atoms with van der Waals surface area (Å²) >= 11 is 0. The Hall–Kier alpha value is -6.72. The van der Waals surface area contributed by atoms with Crippen LogP contribution in [-0.4, -0.2) is 65.2 Å². The van der Waals surface area contributed by atoms with E-state index in [0.717, 1.165) is 94.8 Å². The van der Waals surface area contributed by atoms with Crippen LogP contribution in [0.15, 0.2) is 175 Å². The lowest BCUT2D eigenvalue weighted by Gasteiger charge is -2.60. The third-order valence-corrected chi connectivity index (χ3v) is 16.6. The Labute approximate surface area is 475 Å². The second-order valence-corrected chi connectivity index (χ2v) is 22.1. The van der Waals surface area contributed by atoms with E-state index in [9.17, 15) is 10.2 Å². The van der Waals surface area contributed by atoms with Gasteiger partial charge >= 0.3 is 6.09 Å². The van der Waals surface area contributed by atoms with E-state index >= 15 is 4.79 Å². The summed E-state index contributed by atoms with van der Waals surface area (Å²) in [5, 5.41) is 27.6. The molecule has 1 heterocycles. The topological polar surface area (TPSA) is 119 Å². The number of fused-ring (bicyclic) bond motifs is 3. The second kappa shape index (κ2) is 29.7. The Bertz CT molecular complexity index is 2940. The number of hydrogen-bond donors (Lipinski definition) is 2. The van der Waals surface area contributed by atoms with Crippen LogP contribution in [0.25, 0.3) is 21.9 Å². The predicted molar refractivity (Wildman–Crippen MR) is 321 cm³/mol. The number of rotatable bonds is 31. The number of unbranched alkanes of at least 4 members (excludes halogenated alkanes) is 11. The minimum Gasteiger partial charge on any atom is -0.459 e. The summed E-state index contributed by atoms with van der Waals surface area (Å²) in [6, 6.07) is 48.4. The SMILES string of the molecule is C=CCO[C@@]12Oc3ccc(Oc4ccc(-c5ccccc5)cc4)cc3[C@H]3[C@H](CCCCO)[C@@H](CCCCO)C=C(C(=NOCc4ccccc4)C[C@@H]1N(Cc1cccc4ccccc14)C(=O)OCCCCCCCCCCCC)[C@H]32. The van der Waals surface area contributed by atoms with Crippen molar-refractivity contribution in [3.63, 3.8) is 0 Å². The number of benzene rings is 6. The van der Waals surface area contributed by atoms with E-state index in [0.29, 0.717) is 30.1 Å². The highest BCUT2D eigenvalue weighted by atomic mass is 16.7. The van der Waals surface area contributed by atoms with Gasteiger partial charge in [0.25, 0.3) is 0 Å². The Morgan fingerprint density at radius 2 is 1.39 bits per heavy atom. The maximum Gasteiger partial charge on any atom is 0.410 e. The number of oxime groups is 1. The molecule has 1 saturated carbocycles. The van der Waals surface area contributed by atoms with Crippen molar-refractivity contribution >= 4 is 22.6 Å². The van der Waals surface area contributed by atoms with Crippen LogP contribution < -0.4 is 9.47 Å². The first-order valence-electron chi connectivity index (χ1n) is 29.9. The zero-order valence-electron chi connectivity index (χ0n) is 47.1. The molecule has 422 valence electrons. The highest BCUT2D eigenvalue weighted by Gasteiger charge is 2.66. The number of amides is 1. The average Bonchev–Trinajstić information content (AvgIpc) is 3.48. The van der Waals surface area contributed by atoms with Gasteiger partial charge in [-0.1, -0.05) is 210 Å². The number of hydrogen-bond acceptors (Lipinski definition) is 9. The van der Waals surface area contributed by atoms with Crippen LogP contribution in [0.1, 0.15) is 139 Å². The third-order valence-electron chi connectivity index (χ3n) is 16.6. The maximum atomic E-state index is 15.5. The number of carbonyl (C=O) groups excluding carboxylic acids is 1. The van der Waals surface area contributed by atoms with Crippen molar-refractivity contribution in [2.45, 2.75) is 147 Å². The average molecular weight is 1080 g/mol. The van der Waals surface area contributed by atoms with E-state index in [1.54, 1.807) is 6.08 Å². The summed E-state index contributed by atoms with van der Waals surface area (Å²) in [5.74, 6) is -0.106. The van der Waals surface area contributed by atoms with Gasteiger partial charge in [-0.2, -0.15) is 0 Å². The number of carbonyl (C=O) groups is 1. The maximum absolute atomic E-state index is 15.5. The molecule has 0 unspecified atom stereocenters. The number of ether oxygens (including phenoxy) is 4. The normalized spacial score (nSPS) is 20.5. The number of aliphatic hydroxyl groups excluding tert-OH is 2. The zero-order chi connectivity index (χ0) is 55.4. The van der Waals surface area contributed by atoms with Crippen molar-refractivity contribution in [1.29, 1.82) is 0 Å². The summed E-state index contributed by atoms with van der Waals surface area (Å²) in [5.41, 5.74) is 6.86. The van der Waals surface area contributed by atoms with Crippen LogP contribution in [0.5, 0.6) is 17.2 Å². The number of nitrogens with zero attached hydrogens (tertiary/aromatic N) is 2. The fraction of sp³-hybridized carbons (Fsp3) is 0.429. The number of allylic oxidation sites excluding steroid dienone is 1. The molecular formula is C70H84N2O8. The molecule has 3 aliphatic rings. The molecule has 10 nitrogen and oxygen atoms in total. The minimum atomic E-state index is -1.47. The van der Waals surface area contributed by atoms with Crippen LogP contribution in [0.3, 0.4) is 0 Å². The monoisotopic (exact) mass is 1080 g/mol. The second-order valence-electron chi connectivity index (χ2n) is 22.1. The highest BCUT2D eigenvalue weighted by Crippen LogP contribution is 2.62. The largest absolute Gasteiger partial charge is 0.459 e. The van der Waals surface area contributed by atoms with E-state index in [-0.39, 0.29) is 63.8 Å². The summed E-state index contributed by atoms with van der Waals surface area (Å²) in [4.78, 5) is 23.8. The van der Waals surface area contributed by atoms with Gasteiger partial charge in [0.2, 0.25) is 5.79 Å². The van der Waals surface area contributed by atoms with Crippen LogP contribution >= 0.6 is 0 Å². The van der Waals surface area contributed by atoms with Crippen LogP contribution in [0, 0.1) is 17.8 Å². The first kappa shape index (κ1) is 58.0. The molecule has 6 atom stereocenters. The Kier molecular flexibility index (Phi) is 21.5. The third kappa shape index (κ3) is 14.4. The molecule has 9 rings (SSSR count). The van der Waals surface area contributed by atoms with Crippen LogP contribution in [0.4, 0.5) is 4.79 Å². The predicted octanol–water partition coefficient (Wildman–Crippen LogP) is 16.7. The van der Waals surface area contributed by atoms with Crippen molar-refractivity contribution < 1.29 is 38.8 Å². The molecule has 6 aromatic rings. The van der Waals surface area contributed by atoms with Gasteiger partial charge in [0.1, 0.15) is 29.9 Å². The van der Waals surface area contributed by atoms with Crippen LogP contribution in [-0.2, 0) is 27.5 Å². The first-order valence-corrected chi connectivity index (χ1v) is 29.9. The molecular weight excluding hydrogens is 997 g/mol. The van der Waals surface area contributed by atoms with Crippen molar-refractivity contribution in [3.05, 3.63) is 187 Å². The van der Waals surface area contributed by atoms with Crippen molar-refractivity contribution in [2.24, 2.45) is 22.9 Å². The van der Waals surface area contributed by atoms with Gasteiger partial charge < -0.3 is 34.0 Å². The van der Waals surface area contributed by atoms with Crippen LogP contribution in [0.2, 0.25) is 0 Å². The van der Waals surface area contributed by atoms with Gasteiger partial charge in [-0.3, -0.25) is 4.90 Å². The van der Waals surface area contributed by atoms with E-state index in [4.69, 9.17) is 28.9 Å². The zero-order valence-corrected chi connectivity index (χ0v) is 47.1. The Morgan fingerprint density at radius 1 is 0.725 bits per heavy atom. The lowest BCUT2D eigenvalue weighted by atomic mass is 9.55. The van der Waals surface area contributed by atoms with Crippen molar-refractivity contribution in [3.8, 4) is 28.4 Å². The fourth-order valence-corrected chi connectivity index (χ4v) is 12.7. The standard InChI is InChI=1S/C70H84N2O8/c1-3-5-6-7-8-9-10-11-12-25-46-76-69(75)72(50-57-34-26-33-55-31-19-20-35-60(55)57)66-49-64(71-78-51-52-27-15-13-16-28-52)62-47-56(32-21-23-43-73)61(36-22-24-44-74)67-63-48-59(41-42-65(63)80-70(66,68(62)67)77-45-4-2)79-58-39-37-54(38-40-58)53-29-17-14-18-30-53/h4,13-20,26-31,33-35,37-42,47-48,56,61,66-68,73-74H,2-3,5-12,21-25,32,36,43-46,49-51H2,1H3/t56-,61+,66-,67+,68+,70+/m0/s1. The molecule has 10 heteroatoms. The quantitative estimate of drug-likeness (QED) is 0.0251. The van der Waals surface area contributed by atoms with E-state index in [1.807, 2.05) is 89.8 Å². The van der Waals surface area contributed by atoms with Gasteiger partial charge in [-0.25, -0.2) is 4.79 Å². The van der Waals surface area contributed by atoms with Crippen molar-refractivity contribution in [1.82, 2.24) is 4.90 Å². The summed E-state index contributed by atoms with van der Waals surface area (Å²) in [7, 11) is 0. The molecule has 0 aromatic heterocycles. The summed E-state index contributed by atoms with van der Waals surface area (Å²) in [6.07, 6.45) is 20.3. The van der Waals surface area contributed by atoms with Gasteiger partial charge in [-0.05, 0) is 113 Å². The lowest BCUT2D eigenvalue weighted by Crippen LogP contribution is -2.70. The summed E-state index contributed by atoms with van der Waals surface area (Å²) < 4.78 is 28.2. The molecule has 0 spiro atoms. The van der Waals surface area contributed by atoms with E-state index < -0.39 is 23.8 Å². The molecule has 1 fully saturated rings. The fourth-order valence-electron chi connectivity index (χ4n) is 12.7. The van der Waals surface area contributed by atoms with E-state index in [2.05, 4.69) is 80.2 Å². The van der Waals surface area contributed by atoms with Crippen molar-refractivity contribution in [2.75, 3.05) is 26.4 Å². The molecule has 0 bridgehead atoms. The van der Waals surface area contributed by atoms with E-state index in [1.165, 1.54) is 44.9 Å². The first-order chi connectivity index (χ1) is 39.4. The molecule has 80 heavy (non-hydrogen) atoms. The molecule has 1 aliphatic heterocycles. The number of aliphatic hydroxyl groups is 2.